The van der Waals surface area contributed by atoms with Gasteiger partial charge in [-0.1, -0.05) is 25.4 Å². The van der Waals surface area contributed by atoms with Crippen molar-refractivity contribution in [1.29, 1.82) is 0 Å². The number of amides is 2. The highest BCUT2D eigenvalue weighted by molar-refractivity contribution is 6.30. The first-order chi connectivity index (χ1) is 11.4. The van der Waals surface area contributed by atoms with Crippen LogP contribution in [0.4, 0.5) is 0 Å². The van der Waals surface area contributed by atoms with Gasteiger partial charge in [-0.05, 0) is 55.9 Å². The molecule has 1 aromatic carbocycles. The van der Waals surface area contributed by atoms with E-state index >= 15 is 0 Å². The Hall–Kier alpha value is -1.59. The SMILES string of the molecule is CC(C)C(NC(=O)c1ccc(Cl)cc1)C(=O)NC1CCC(O)CC1. The molecule has 3 N–H and O–H groups in total. The molecule has 1 saturated carbocycles. The maximum atomic E-state index is 12.5. The van der Waals surface area contributed by atoms with Crippen LogP contribution in [0.1, 0.15) is 49.9 Å². The van der Waals surface area contributed by atoms with Crippen LogP contribution >= 0.6 is 11.6 Å². The van der Waals surface area contributed by atoms with Crippen molar-refractivity contribution in [2.45, 2.75) is 57.7 Å². The molecule has 1 unspecified atom stereocenters. The predicted octanol–water partition coefficient (Wildman–Crippen LogP) is 2.51. The maximum Gasteiger partial charge on any atom is 0.251 e. The van der Waals surface area contributed by atoms with E-state index in [1.807, 2.05) is 13.8 Å². The summed E-state index contributed by atoms with van der Waals surface area (Å²) in [6.07, 6.45) is 2.68. The monoisotopic (exact) mass is 352 g/mol. The second-order valence-electron chi connectivity index (χ2n) is 6.72. The molecular formula is C18H25ClN2O3. The van der Waals surface area contributed by atoms with Crippen molar-refractivity contribution in [1.82, 2.24) is 10.6 Å². The quantitative estimate of drug-likeness (QED) is 0.762. The molecule has 2 amide bonds. The second kappa shape index (κ2) is 8.49. The van der Waals surface area contributed by atoms with Crippen LogP contribution < -0.4 is 10.6 Å². The summed E-state index contributed by atoms with van der Waals surface area (Å²) >= 11 is 5.83. The van der Waals surface area contributed by atoms with E-state index in [0.29, 0.717) is 23.4 Å². The topological polar surface area (TPSA) is 78.4 Å². The van der Waals surface area contributed by atoms with Crippen LogP contribution in [-0.2, 0) is 4.79 Å². The zero-order chi connectivity index (χ0) is 17.7. The number of rotatable bonds is 5. The van der Waals surface area contributed by atoms with Crippen molar-refractivity contribution in [3.8, 4) is 0 Å². The van der Waals surface area contributed by atoms with Gasteiger partial charge in [-0.15, -0.1) is 0 Å². The van der Waals surface area contributed by atoms with Gasteiger partial charge in [0.1, 0.15) is 6.04 Å². The van der Waals surface area contributed by atoms with Gasteiger partial charge in [0, 0.05) is 16.6 Å². The van der Waals surface area contributed by atoms with E-state index in [4.69, 9.17) is 11.6 Å². The molecule has 1 fully saturated rings. The fourth-order valence-corrected chi connectivity index (χ4v) is 3.00. The molecule has 5 nitrogen and oxygen atoms in total. The van der Waals surface area contributed by atoms with Gasteiger partial charge in [0.2, 0.25) is 5.91 Å². The van der Waals surface area contributed by atoms with Gasteiger partial charge in [0.25, 0.3) is 5.91 Å². The summed E-state index contributed by atoms with van der Waals surface area (Å²) in [5, 5.41) is 15.9. The fraction of sp³-hybridized carbons (Fsp3) is 0.556. The molecule has 0 saturated heterocycles. The van der Waals surface area contributed by atoms with Crippen molar-refractivity contribution in [2.75, 3.05) is 0 Å². The van der Waals surface area contributed by atoms with Crippen molar-refractivity contribution >= 4 is 23.4 Å². The van der Waals surface area contributed by atoms with Gasteiger partial charge < -0.3 is 15.7 Å². The minimum atomic E-state index is -0.597. The number of aliphatic hydroxyl groups excluding tert-OH is 1. The Morgan fingerprint density at radius 3 is 2.25 bits per heavy atom. The average Bonchev–Trinajstić information content (AvgIpc) is 2.54. The largest absolute Gasteiger partial charge is 0.393 e. The third-order valence-corrected chi connectivity index (χ3v) is 4.64. The number of hydrogen-bond acceptors (Lipinski definition) is 3. The Morgan fingerprint density at radius 2 is 1.71 bits per heavy atom. The molecule has 2 rings (SSSR count). The zero-order valence-corrected chi connectivity index (χ0v) is 14.8. The first kappa shape index (κ1) is 18.7. The van der Waals surface area contributed by atoms with Gasteiger partial charge in [-0.3, -0.25) is 9.59 Å². The highest BCUT2D eigenvalue weighted by atomic mass is 35.5. The van der Waals surface area contributed by atoms with Crippen LogP contribution in [0.15, 0.2) is 24.3 Å². The lowest BCUT2D eigenvalue weighted by atomic mass is 9.92. The smallest absolute Gasteiger partial charge is 0.251 e. The average molecular weight is 353 g/mol. The third-order valence-electron chi connectivity index (χ3n) is 4.39. The van der Waals surface area contributed by atoms with Gasteiger partial charge >= 0.3 is 0 Å². The summed E-state index contributed by atoms with van der Waals surface area (Å²) in [6.45, 7) is 3.80. The Morgan fingerprint density at radius 1 is 1.12 bits per heavy atom. The zero-order valence-electron chi connectivity index (χ0n) is 14.1. The van der Waals surface area contributed by atoms with Crippen LogP contribution in [0.25, 0.3) is 0 Å². The van der Waals surface area contributed by atoms with Crippen LogP contribution in [0.3, 0.4) is 0 Å². The summed E-state index contributed by atoms with van der Waals surface area (Å²) in [6, 6.07) is 6.03. The molecule has 6 heteroatoms. The standard InChI is InChI=1S/C18H25ClN2O3/c1-11(2)16(18(24)20-14-7-9-15(22)10-8-14)21-17(23)12-3-5-13(19)6-4-12/h3-6,11,14-16,22H,7-10H2,1-2H3,(H,20,24)(H,21,23). The molecule has 0 spiro atoms. The second-order valence-corrected chi connectivity index (χ2v) is 7.15. The highest BCUT2D eigenvalue weighted by Crippen LogP contribution is 2.19. The minimum absolute atomic E-state index is 0.0320. The molecule has 0 heterocycles. The lowest BCUT2D eigenvalue weighted by Crippen LogP contribution is -2.52. The molecule has 1 atom stereocenters. The lowest BCUT2D eigenvalue weighted by Gasteiger charge is -2.29. The summed E-state index contributed by atoms with van der Waals surface area (Å²) in [4.78, 5) is 24.9. The fourth-order valence-electron chi connectivity index (χ4n) is 2.87. The maximum absolute atomic E-state index is 12.5. The summed E-state index contributed by atoms with van der Waals surface area (Å²) in [7, 11) is 0. The van der Waals surface area contributed by atoms with Gasteiger partial charge in [-0.2, -0.15) is 0 Å². The van der Waals surface area contributed by atoms with Crippen molar-refractivity contribution < 1.29 is 14.7 Å². The number of nitrogens with one attached hydrogen (secondary N) is 2. The van der Waals surface area contributed by atoms with E-state index in [2.05, 4.69) is 10.6 Å². The molecule has 1 aliphatic carbocycles. The summed E-state index contributed by atoms with van der Waals surface area (Å²) in [5.41, 5.74) is 0.471. The molecule has 0 radical (unpaired) electrons. The Labute approximate surface area is 147 Å². The van der Waals surface area contributed by atoms with Crippen LogP contribution in [0.5, 0.6) is 0 Å². The number of halogens is 1. The number of hydrogen-bond donors (Lipinski definition) is 3. The van der Waals surface area contributed by atoms with E-state index < -0.39 is 6.04 Å². The molecule has 1 aromatic rings. The van der Waals surface area contributed by atoms with E-state index in [9.17, 15) is 14.7 Å². The first-order valence-corrected chi connectivity index (χ1v) is 8.79. The number of benzene rings is 1. The minimum Gasteiger partial charge on any atom is -0.393 e. The number of carbonyl (C=O) groups excluding carboxylic acids is 2. The number of carbonyl (C=O) groups is 2. The van der Waals surface area contributed by atoms with Crippen LogP contribution in [0, 0.1) is 5.92 Å². The molecule has 24 heavy (non-hydrogen) atoms. The van der Waals surface area contributed by atoms with Gasteiger partial charge in [-0.25, -0.2) is 0 Å². The Kier molecular flexibility index (Phi) is 6.63. The third kappa shape index (κ3) is 5.21. The first-order valence-electron chi connectivity index (χ1n) is 8.41. The molecular weight excluding hydrogens is 328 g/mol. The Balaban J connectivity index is 1.96. The van der Waals surface area contributed by atoms with Crippen molar-refractivity contribution in [3.63, 3.8) is 0 Å². The van der Waals surface area contributed by atoms with E-state index in [-0.39, 0.29) is 29.9 Å². The summed E-state index contributed by atoms with van der Waals surface area (Å²) < 4.78 is 0. The molecule has 0 aromatic heterocycles. The van der Waals surface area contributed by atoms with Gasteiger partial charge in [0.05, 0.1) is 6.10 Å². The molecule has 1 aliphatic rings. The summed E-state index contributed by atoms with van der Waals surface area (Å²) in [5.74, 6) is -0.497. The van der Waals surface area contributed by atoms with E-state index in [1.54, 1.807) is 24.3 Å². The van der Waals surface area contributed by atoms with Crippen LogP contribution in [0.2, 0.25) is 5.02 Å². The van der Waals surface area contributed by atoms with Crippen molar-refractivity contribution in [2.24, 2.45) is 5.92 Å². The molecule has 132 valence electrons. The van der Waals surface area contributed by atoms with E-state index in [0.717, 1.165) is 12.8 Å². The lowest BCUT2D eigenvalue weighted by molar-refractivity contribution is -0.125. The van der Waals surface area contributed by atoms with Crippen LogP contribution in [-0.4, -0.2) is 35.1 Å². The van der Waals surface area contributed by atoms with Gasteiger partial charge in [0.15, 0.2) is 0 Å². The molecule has 0 bridgehead atoms. The number of aliphatic hydroxyl groups is 1. The highest BCUT2D eigenvalue weighted by Gasteiger charge is 2.28. The van der Waals surface area contributed by atoms with E-state index in [1.165, 1.54) is 0 Å². The Bertz CT molecular complexity index is 566. The normalized spacial score (nSPS) is 22.0. The predicted molar refractivity (Wildman–Crippen MR) is 93.9 cm³/mol. The molecule has 0 aliphatic heterocycles. The van der Waals surface area contributed by atoms with Crippen molar-refractivity contribution in [3.05, 3.63) is 34.9 Å².